The highest BCUT2D eigenvalue weighted by atomic mass is 35.5. The van der Waals surface area contributed by atoms with Crippen LogP contribution in [0.1, 0.15) is 5.56 Å². The summed E-state index contributed by atoms with van der Waals surface area (Å²) in [5, 5.41) is 0.500. The van der Waals surface area contributed by atoms with Gasteiger partial charge in [-0.2, -0.15) is 12.6 Å². The Kier molecular flexibility index (Phi) is 5.09. The predicted octanol–water partition coefficient (Wildman–Crippen LogP) is 2.41. The van der Waals surface area contributed by atoms with Crippen LogP contribution in [0.2, 0.25) is 5.02 Å². The van der Waals surface area contributed by atoms with Gasteiger partial charge in [0.15, 0.2) is 0 Å². The van der Waals surface area contributed by atoms with Crippen molar-refractivity contribution in [3.63, 3.8) is 0 Å². The molecule has 0 N–H and O–H groups in total. The summed E-state index contributed by atoms with van der Waals surface area (Å²) in [5.74, 6) is -0.212. The van der Waals surface area contributed by atoms with Crippen LogP contribution in [0.25, 0.3) is 0 Å². The van der Waals surface area contributed by atoms with Gasteiger partial charge in [-0.3, -0.25) is 4.79 Å². The second-order valence-corrected chi connectivity index (χ2v) is 4.21. The van der Waals surface area contributed by atoms with E-state index in [1.54, 1.807) is 13.1 Å². The molecule has 0 spiro atoms. The van der Waals surface area contributed by atoms with Crippen molar-refractivity contribution >= 4 is 30.1 Å². The topological polar surface area (TPSA) is 20.3 Å². The van der Waals surface area contributed by atoms with E-state index in [0.29, 0.717) is 23.6 Å². The Balaban J connectivity index is 2.60. The summed E-state index contributed by atoms with van der Waals surface area (Å²) in [6, 6.07) is 4.41. The predicted molar refractivity (Wildman–Crippen MR) is 66.6 cm³/mol. The molecule has 0 heterocycles. The van der Waals surface area contributed by atoms with Crippen LogP contribution in [0.4, 0.5) is 4.39 Å². The van der Waals surface area contributed by atoms with Crippen LogP contribution in [0.5, 0.6) is 0 Å². The molecule has 1 amide bonds. The van der Waals surface area contributed by atoms with E-state index in [-0.39, 0.29) is 17.5 Å². The highest BCUT2D eigenvalue weighted by molar-refractivity contribution is 7.81. The SMILES string of the molecule is CN(CCc1cc(Cl)ccc1F)C(=O)CS. The summed E-state index contributed by atoms with van der Waals surface area (Å²) < 4.78 is 13.3. The van der Waals surface area contributed by atoms with Gasteiger partial charge < -0.3 is 4.90 Å². The van der Waals surface area contributed by atoms with Crippen molar-refractivity contribution in [1.29, 1.82) is 0 Å². The number of thiol groups is 1. The lowest BCUT2D eigenvalue weighted by atomic mass is 10.1. The molecule has 0 fully saturated rings. The molecule has 1 aromatic rings. The molecule has 0 aliphatic carbocycles. The van der Waals surface area contributed by atoms with Gasteiger partial charge in [0.2, 0.25) is 5.91 Å². The molecule has 1 aromatic carbocycles. The van der Waals surface area contributed by atoms with Crippen LogP contribution in [0.15, 0.2) is 18.2 Å². The molecule has 0 aromatic heterocycles. The van der Waals surface area contributed by atoms with Crippen molar-refractivity contribution in [1.82, 2.24) is 4.90 Å². The zero-order chi connectivity index (χ0) is 12.1. The minimum absolute atomic E-state index is 0.0780. The van der Waals surface area contributed by atoms with E-state index in [1.165, 1.54) is 17.0 Å². The molecule has 0 bridgehead atoms. The van der Waals surface area contributed by atoms with Crippen LogP contribution in [-0.2, 0) is 11.2 Å². The van der Waals surface area contributed by atoms with E-state index in [1.807, 2.05) is 0 Å². The first-order chi connectivity index (χ1) is 7.54. The molecular formula is C11H13ClFNOS. The highest BCUT2D eigenvalue weighted by Crippen LogP contribution is 2.15. The number of benzene rings is 1. The van der Waals surface area contributed by atoms with Crippen LogP contribution < -0.4 is 0 Å². The third-order valence-electron chi connectivity index (χ3n) is 2.29. The third-order valence-corrected chi connectivity index (χ3v) is 2.79. The number of hydrogen-bond donors (Lipinski definition) is 1. The van der Waals surface area contributed by atoms with E-state index in [2.05, 4.69) is 12.6 Å². The largest absolute Gasteiger partial charge is 0.345 e. The number of carbonyl (C=O) groups excluding carboxylic acids is 1. The van der Waals surface area contributed by atoms with Gasteiger partial charge in [-0.1, -0.05) is 11.6 Å². The zero-order valence-corrected chi connectivity index (χ0v) is 10.6. The molecule has 1 rings (SSSR count). The number of halogens is 2. The van der Waals surface area contributed by atoms with Crippen LogP contribution in [0, 0.1) is 5.82 Å². The Morgan fingerprint density at radius 2 is 2.25 bits per heavy atom. The number of likely N-dealkylation sites (N-methyl/N-ethyl adjacent to an activating group) is 1. The number of nitrogens with zero attached hydrogens (tertiary/aromatic N) is 1. The van der Waals surface area contributed by atoms with Gasteiger partial charge in [0.05, 0.1) is 5.75 Å². The fourth-order valence-electron chi connectivity index (χ4n) is 1.27. The van der Waals surface area contributed by atoms with E-state index >= 15 is 0 Å². The van der Waals surface area contributed by atoms with Crippen LogP contribution >= 0.6 is 24.2 Å². The van der Waals surface area contributed by atoms with Gasteiger partial charge in [-0.25, -0.2) is 4.39 Å². The van der Waals surface area contributed by atoms with Gasteiger partial charge in [-0.15, -0.1) is 0 Å². The summed E-state index contributed by atoms with van der Waals surface area (Å²) in [6.45, 7) is 0.455. The zero-order valence-electron chi connectivity index (χ0n) is 8.91. The van der Waals surface area contributed by atoms with Crippen molar-refractivity contribution in [2.45, 2.75) is 6.42 Å². The summed E-state index contributed by atoms with van der Waals surface area (Å²) in [6.07, 6.45) is 0.447. The minimum atomic E-state index is -0.295. The van der Waals surface area contributed by atoms with Crippen molar-refractivity contribution in [3.8, 4) is 0 Å². The van der Waals surface area contributed by atoms with E-state index in [9.17, 15) is 9.18 Å². The number of rotatable bonds is 4. The summed E-state index contributed by atoms with van der Waals surface area (Å²) >= 11 is 9.65. The van der Waals surface area contributed by atoms with Crippen molar-refractivity contribution in [3.05, 3.63) is 34.6 Å². The van der Waals surface area contributed by atoms with Crippen molar-refractivity contribution < 1.29 is 9.18 Å². The lowest BCUT2D eigenvalue weighted by molar-refractivity contribution is -0.127. The molecule has 0 radical (unpaired) electrons. The Labute approximate surface area is 105 Å². The standard InChI is InChI=1S/C11H13ClFNOS/c1-14(11(15)7-16)5-4-8-6-9(12)2-3-10(8)13/h2-3,6,16H,4-5,7H2,1H3. The average Bonchev–Trinajstić information content (AvgIpc) is 2.28. The lowest BCUT2D eigenvalue weighted by Crippen LogP contribution is -2.29. The quantitative estimate of drug-likeness (QED) is 0.826. The van der Waals surface area contributed by atoms with Gasteiger partial charge in [0.25, 0.3) is 0 Å². The van der Waals surface area contributed by atoms with Crippen molar-refractivity contribution in [2.75, 3.05) is 19.3 Å². The molecule has 0 unspecified atom stereocenters. The Hall–Kier alpha value is -0.740. The lowest BCUT2D eigenvalue weighted by Gasteiger charge is -2.16. The summed E-state index contributed by atoms with van der Waals surface area (Å²) in [4.78, 5) is 12.7. The molecular weight excluding hydrogens is 249 g/mol. The van der Waals surface area contributed by atoms with Crippen LogP contribution in [0.3, 0.4) is 0 Å². The van der Waals surface area contributed by atoms with Crippen LogP contribution in [-0.4, -0.2) is 30.2 Å². The Morgan fingerprint density at radius 3 is 2.88 bits per heavy atom. The number of amides is 1. The first-order valence-corrected chi connectivity index (χ1v) is 5.84. The fraction of sp³-hybridized carbons (Fsp3) is 0.364. The molecule has 5 heteroatoms. The fourth-order valence-corrected chi connectivity index (χ4v) is 1.70. The normalized spacial score (nSPS) is 10.2. The number of carbonyl (C=O) groups is 1. The first-order valence-electron chi connectivity index (χ1n) is 4.83. The Morgan fingerprint density at radius 1 is 1.56 bits per heavy atom. The monoisotopic (exact) mass is 261 g/mol. The van der Waals surface area contributed by atoms with E-state index in [4.69, 9.17) is 11.6 Å². The molecule has 0 atom stereocenters. The van der Waals surface area contributed by atoms with Crippen molar-refractivity contribution in [2.24, 2.45) is 0 Å². The second-order valence-electron chi connectivity index (χ2n) is 3.46. The highest BCUT2D eigenvalue weighted by Gasteiger charge is 2.08. The van der Waals surface area contributed by atoms with E-state index < -0.39 is 0 Å². The van der Waals surface area contributed by atoms with Gasteiger partial charge in [-0.05, 0) is 30.2 Å². The second kappa shape index (κ2) is 6.11. The average molecular weight is 262 g/mol. The summed E-state index contributed by atoms with van der Waals surface area (Å²) in [5.41, 5.74) is 0.520. The maximum atomic E-state index is 13.3. The molecule has 2 nitrogen and oxygen atoms in total. The molecule has 0 saturated heterocycles. The molecule has 16 heavy (non-hydrogen) atoms. The smallest absolute Gasteiger partial charge is 0.232 e. The molecule has 88 valence electrons. The summed E-state index contributed by atoms with van der Waals surface area (Å²) in [7, 11) is 1.67. The number of hydrogen-bond acceptors (Lipinski definition) is 2. The molecule has 0 aliphatic rings. The van der Waals surface area contributed by atoms with Gasteiger partial charge in [0, 0.05) is 18.6 Å². The van der Waals surface area contributed by atoms with E-state index in [0.717, 1.165) is 0 Å². The minimum Gasteiger partial charge on any atom is -0.345 e. The maximum Gasteiger partial charge on any atom is 0.232 e. The van der Waals surface area contributed by atoms with Gasteiger partial charge in [0.1, 0.15) is 5.82 Å². The third kappa shape index (κ3) is 3.68. The molecule has 0 aliphatic heterocycles. The Bertz CT molecular complexity index is 386. The van der Waals surface area contributed by atoms with Gasteiger partial charge >= 0.3 is 0 Å². The molecule has 0 saturated carbocycles. The first kappa shape index (κ1) is 13.3. The maximum absolute atomic E-state index is 13.3.